The Balaban J connectivity index is -0.000000135. The molecule has 0 atom stereocenters. The van der Waals surface area contributed by atoms with E-state index in [4.69, 9.17) is 5.11 Å². The van der Waals surface area contributed by atoms with Crippen LogP contribution in [0, 0.1) is 0 Å². The molecule has 0 spiro atoms. The van der Waals surface area contributed by atoms with Crippen molar-refractivity contribution in [3.63, 3.8) is 0 Å². The summed E-state index contributed by atoms with van der Waals surface area (Å²) in [5.41, 5.74) is 0. The van der Waals surface area contributed by atoms with E-state index in [2.05, 4.69) is 4.74 Å². The maximum absolute atomic E-state index is 10.4. The van der Waals surface area contributed by atoms with E-state index in [-0.39, 0.29) is 47.2 Å². The van der Waals surface area contributed by atoms with Gasteiger partial charge in [0.2, 0.25) is 0 Å². The molecule has 0 aromatic carbocycles. The molecule has 5 heteroatoms. The van der Waals surface area contributed by atoms with Crippen molar-refractivity contribution >= 4 is 49.7 Å². The normalized spacial score (nSPS) is 8.82. The van der Waals surface area contributed by atoms with Gasteiger partial charge in [-0.15, -0.1) is 0 Å². The van der Waals surface area contributed by atoms with Crippen LogP contribution in [0.1, 0.15) is 9.78 Å². The van der Waals surface area contributed by atoms with Crippen LogP contribution in [-0.4, -0.2) is 61.4 Å². The Kier molecular flexibility index (Phi) is 9.89. The Morgan fingerprint density at radius 3 is 2.45 bits per heavy atom. The van der Waals surface area contributed by atoms with Crippen LogP contribution in [0.3, 0.4) is 0 Å². The molecule has 0 bridgehead atoms. The molecule has 0 saturated heterocycles. The van der Waals surface area contributed by atoms with Crippen molar-refractivity contribution in [3.05, 3.63) is 12.2 Å². The van der Waals surface area contributed by atoms with E-state index in [9.17, 15) is 9.59 Å². The first-order valence-corrected chi connectivity index (χ1v) is 2.74. The number of carbonyl (C=O) groups is 2. The Bertz CT molecular complexity index is 172. The third kappa shape index (κ3) is 9.94. The van der Waals surface area contributed by atoms with Crippen molar-refractivity contribution in [1.82, 2.24) is 0 Å². The minimum Gasteiger partial charge on any atom is -1.00 e. The van der Waals surface area contributed by atoms with Gasteiger partial charge in [0.1, 0.15) is 0 Å². The Labute approximate surface area is 97.2 Å². The first-order chi connectivity index (χ1) is 4.66. The summed E-state index contributed by atoms with van der Waals surface area (Å²) in [6.45, 7) is 1.90. The van der Waals surface area contributed by atoms with Gasteiger partial charge in [-0.1, -0.05) is 0 Å². The van der Waals surface area contributed by atoms with Crippen LogP contribution in [-0.2, 0) is 14.3 Å². The van der Waals surface area contributed by atoms with Gasteiger partial charge in [-0.2, -0.15) is 0 Å². The topological polar surface area (TPSA) is 63.6 Å². The fourth-order valence-electron chi connectivity index (χ4n) is 0.330. The summed E-state index contributed by atoms with van der Waals surface area (Å²) in [4.78, 5) is 20.2. The number of aliphatic carboxylic acids is 1. The van der Waals surface area contributed by atoms with E-state index in [1.807, 2.05) is 0 Å². The minimum atomic E-state index is -1.16. The monoisotopic (exact) mass is 186 g/mol. The number of carbonyl (C=O) groups excluding carboxylic acids is 1. The van der Waals surface area contributed by atoms with E-state index in [1.165, 1.54) is 0 Å². The molecule has 0 saturated carbocycles. The fourth-order valence-corrected chi connectivity index (χ4v) is 0.330. The minimum absolute atomic E-state index is 0. The van der Waals surface area contributed by atoms with Gasteiger partial charge in [0.05, 0.1) is 6.61 Å². The largest absolute Gasteiger partial charge is 2.00 e. The van der Waals surface area contributed by atoms with Crippen molar-refractivity contribution in [2.75, 3.05) is 6.61 Å². The second-order valence-electron chi connectivity index (χ2n) is 1.42. The maximum Gasteiger partial charge on any atom is 2.00 e. The van der Waals surface area contributed by atoms with Crippen molar-refractivity contribution in [3.8, 4) is 0 Å². The van der Waals surface area contributed by atoms with Crippen LogP contribution in [0.4, 0.5) is 0 Å². The number of carboxylic acids is 1. The molecule has 0 rings (SSSR count). The number of hydrogen-bond donors (Lipinski definition) is 1. The third-order valence-electron chi connectivity index (χ3n) is 0.649. The van der Waals surface area contributed by atoms with Crippen molar-refractivity contribution in [2.45, 2.75) is 6.92 Å². The van der Waals surface area contributed by atoms with Gasteiger partial charge in [-0.05, 0) is 6.92 Å². The average Bonchev–Trinajstić information content (AvgIpc) is 1.85. The molecule has 0 aliphatic heterocycles. The standard InChI is InChI=1S/C6H8O4.Ca.2H/c1-2-10-6(9)4-3-5(7)8;;;/h3-4H,2H2,1H3,(H,7,8);;;/q;+2;2*-1. The van der Waals surface area contributed by atoms with Crippen LogP contribution in [0.2, 0.25) is 0 Å². The zero-order chi connectivity index (χ0) is 7.98. The maximum atomic E-state index is 10.4. The Morgan fingerprint density at radius 1 is 1.55 bits per heavy atom. The fraction of sp³-hybridized carbons (Fsp3) is 0.333. The summed E-state index contributed by atoms with van der Waals surface area (Å²) in [6.07, 6.45) is 1.60. The zero-order valence-electron chi connectivity index (χ0n) is 8.24. The van der Waals surface area contributed by atoms with E-state index < -0.39 is 11.9 Å². The summed E-state index contributed by atoms with van der Waals surface area (Å²) in [6, 6.07) is 0. The van der Waals surface area contributed by atoms with Gasteiger partial charge < -0.3 is 12.7 Å². The molecule has 1 N–H and O–H groups in total. The molecular formula is C6H10CaO4. The molecule has 0 heterocycles. The molecule has 0 radical (unpaired) electrons. The second-order valence-corrected chi connectivity index (χ2v) is 1.42. The molecule has 0 fully saturated rings. The summed E-state index contributed by atoms with van der Waals surface area (Å²) < 4.78 is 4.40. The average molecular weight is 186 g/mol. The summed E-state index contributed by atoms with van der Waals surface area (Å²) in [5.74, 6) is -1.79. The second kappa shape index (κ2) is 8.04. The number of ether oxygens (including phenoxy) is 1. The molecular weight excluding hydrogens is 176 g/mol. The Hall–Kier alpha value is -0.0603. The van der Waals surface area contributed by atoms with Crippen molar-refractivity contribution < 1.29 is 22.3 Å². The predicted molar refractivity (Wildman–Crippen MR) is 41.4 cm³/mol. The van der Waals surface area contributed by atoms with Crippen LogP contribution in [0.15, 0.2) is 12.2 Å². The molecule has 4 nitrogen and oxygen atoms in total. The predicted octanol–water partition coefficient (Wildman–Crippen LogP) is 0.0345. The first kappa shape index (κ1) is 13.5. The quantitative estimate of drug-likeness (QED) is 0.384. The molecule has 0 aliphatic rings. The molecule has 11 heavy (non-hydrogen) atoms. The number of hydrogen-bond acceptors (Lipinski definition) is 3. The number of rotatable bonds is 3. The van der Waals surface area contributed by atoms with Crippen LogP contribution >= 0.6 is 0 Å². The third-order valence-corrected chi connectivity index (χ3v) is 0.649. The van der Waals surface area contributed by atoms with E-state index in [1.54, 1.807) is 6.92 Å². The number of esters is 1. The smallest absolute Gasteiger partial charge is 1.00 e. The van der Waals surface area contributed by atoms with Crippen LogP contribution in [0.5, 0.6) is 0 Å². The first-order valence-electron chi connectivity index (χ1n) is 2.74. The van der Waals surface area contributed by atoms with E-state index in [0.29, 0.717) is 0 Å². The van der Waals surface area contributed by atoms with E-state index in [0.717, 1.165) is 12.2 Å². The molecule has 60 valence electrons. The van der Waals surface area contributed by atoms with Crippen molar-refractivity contribution in [1.29, 1.82) is 0 Å². The summed E-state index contributed by atoms with van der Waals surface area (Å²) in [7, 11) is 0. The molecule has 0 amide bonds. The van der Waals surface area contributed by atoms with Crippen LogP contribution in [0.25, 0.3) is 0 Å². The molecule has 0 aromatic heterocycles. The molecule has 0 aliphatic carbocycles. The SMILES string of the molecule is CCOC(=O)C=CC(=O)O.[Ca+2].[H-].[H-]. The summed E-state index contributed by atoms with van der Waals surface area (Å²) in [5, 5.41) is 8.04. The van der Waals surface area contributed by atoms with Crippen molar-refractivity contribution in [2.24, 2.45) is 0 Å². The van der Waals surface area contributed by atoms with Gasteiger partial charge in [-0.25, -0.2) is 9.59 Å². The van der Waals surface area contributed by atoms with Crippen LogP contribution < -0.4 is 0 Å². The Morgan fingerprint density at radius 2 is 2.09 bits per heavy atom. The van der Waals surface area contributed by atoms with Gasteiger partial charge in [-0.3, -0.25) is 0 Å². The van der Waals surface area contributed by atoms with Gasteiger partial charge in [0.25, 0.3) is 0 Å². The molecule has 0 unspecified atom stereocenters. The van der Waals surface area contributed by atoms with Gasteiger partial charge in [0.15, 0.2) is 0 Å². The van der Waals surface area contributed by atoms with E-state index >= 15 is 0 Å². The summed E-state index contributed by atoms with van der Waals surface area (Å²) >= 11 is 0. The number of carboxylic acid groups (broad SMARTS) is 1. The molecule has 0 aromatic rings. The van der Waals surface area contributed by atoms with Gasteiger partial charge in [0, 0.05) is 12.2 Å². The zero-order valence-corrected chi connectivity index (χ0v) is 8.45. The van der Waals surface area contributed by atoms with Gasteiger partial charge >= 0.3 is 49.7 Å².